The summed E-state index contributed by atoms with van der Waals surface area (Å²) in [6.45, 7) is 3.02. The quantitative estimate of drug-likeness (QED) is 0.733. The summed E-state index contributed by atoms with van der Waals surface area (Å²) in [5, 5.41) is 21.6. The van der Waals surface area contributed by atoms with Crippen molar-refractivity contribution < 1.29 is 18.3 Å². The maximum absolute atomic E-state index is 13.4. The van der Waals surface area contributed by atoms with Crippen LogP contribution in [0.2, 0.25) is 0 Å². The molecule has 4 atom stereocenters. The zero-order valence-electron chi connectivity index (χ0n) is 16.0. The second-order valence-corrected chi connectivity index (χ2v) is 8.59. The minimum absolute atomic E-state index is 0.0636. The van der Waals surface area contributed by atoms with Crippen molar-refractivity contribution in [2.45, 2.75) is 44.1 Å². The molecule has 0 spiro atoms. The van der Waals surface area contributed by atoms with Gasteiger partial charge in [0.2, 0.25) is 0 Å². The first-order valence-corrected chi connectivity index (χ1v) is 10.3. The summed E-state index contributed by atoms with van der Waals surface area (Å²) < 4.78 is 40.2. The highest BCUT2D eigenvalue weighted by Crippen LogP contribution is 2.49. The van der Waals surface area contributed by atoms with Gasteiger partial charge in [-0.2, -0.15) is 18.3 Å². The predicted octanol–water partition coefficient (Wildman–Crippen LogP) is 3.19. The van der Waals surface area contributed by atoms with Gasteiger partial charge in [-0.05, 0) is 55.2 Å². The zero-order valence-corrected chi connectivity index (χ0v) is 16.0. The molecule has 3 aliphatic rings. The molecule has 3 heterocycles. The number of benzene rings is 1. The minimum Gasteiger partial charge on any atom is -0.372 e. The molecule has 1 aromatic carbocycles. The number of aromatic nitrogens is 2. The van der Waals surface area contributed by atoms with Gasteiger partial charge in [0.25, 0.3) is 0 Å². The summed E-state index contributed by atoms with van der Waals surface area (Å²) in [7, 11) is 0. The van der Waals surface area contributed by atoms with Gasteiger partial charge in [0.15, 0.2) is 6.23 Å². The first-order valence-electron chi connectivity index (χ1n) is 10.3. The number of fused-ring (bicyclic) bond motifs is 2. The number of aliphatic hydroxyl groups is 1. The van der Waals surface area contributed by atoms with Crippen LogP contribution in [0.4, 0.5) is 13.2 Å². The minimum atomic E-state index is -4.32. The predicted molar refractivity (Wildman–Crippen MR) is 101 cm³/mol. The van der Waals surface area contributed by atoms with Crippen LogP contribution in [0, 0.1) is 11.8 Å². The molecule has 156 valence electrons. The summed E-state index contributed by atoms with van der Waals surface area (Å²) >= 11 is 0. The first kappa shape index (κ1) is 19.1. The van der Waals surface area contributed by atoms with Crippen molar-refractivity contribution in [2.75, 3.05) is 19.6 Å². The molecule has 0 bridgehead atoms. The largest absolute Gasteiger partial charge is 0.416 e. The fourth-order valence-corrected chi connectivity index (χ4v) is 5.56. The summed E-state index contributed by atoms with van der Waals surface area (Å²) in [4.78, 5) is 2.04. The van der Waals surface area contributed by atoms with Crippen LogP contribution >= 0.6 is 0 Å². The lowest BCUT2D eigenvalue weighted by atomic mass is 9.91. The van der Waals surface area contributed by atoms with Crippen molar-refractivity contribution in [1.29, 1.82) is 0 Å². The van der Waals surface area contributed by atoms with Gasteiger partial charge in [-0.15, -0.1) is 0 Å². The van der Waals surface area contributed by atoms with Crippen molar-refractivity contribution >= 4 is 0 Å². The van der Waals surface area contributed by atoms with Crippen LogP contribution in [-0.4, -0.2) is 39.8 Å². The number of nitrogens with one attached hydrogen (secondary N) is 2. The van der Waals surface area contributed by atoms with Crippen molar-refractivity contribution in [1.82, 2.24) is 20.4 Å². The van der Waals surface area contributed by atoms with Gasteiger partial charge in [-0.25, -0.2) is 0 Å². The van der Waals surface area contributed by atoms with E-state index < -0.39 is 18.0 Å². The highest BCUT2D eigenvalue weighted by atomic mass is 19.4. The lowest BCUT2D eigenvalue weighted by molar-refractivity contribution is -0.138. The van der Waals surface area contributed by atoms with Gasteiger partial charge in [0.05, 0.1) is 11.3 Å². The molecular weight excluding hydrogens is 381 g/mol. The van der Waals surface area contributed by atoms with Crippen LogP contribution < -0.4 is 5.32 Å². The lowest BCUT2D eigenvalue weighted by Crippen LogP contribution is -2.30. The number of hydrogen-bond acceptors (Lipinski definition) is 4. The van der Waals surface area contributed by atoms with E-state index in [0.717, 1.165) is 43.6 Å². The van der Waals surface area contributed by atoms with Crippen molar-refractivity contribution in [2.24, 2.45) is 11.8 Å². The van der Waals surface area contributed by atoms with Crippen LogP contribution in [0.25, 0.3) is 0 Å². The Labute approximate surface area is 167 Å². The van der Waals surface area contributed by atoms with Crippen LogP contribution in [0.1, 0.15) is 53.1 Å². The highest BCUT2D eigenvalue weighted by molar-refractivity contribution is 5.34. The molecule has 29 heavy (non-hydrogen) atoms. The molecule has 8 heteroatoms. The molecule has 0 amide bonds. The summed E-state index contributed by atoms with van der Waals surface area (Å²) in [6.07, 6.45) is -2.74. The third-order valence-corrected chi connectivity index (χ3v) is 6.91. The van der Waals surface area contributed by atoms with E-state index in [2.05, 4.69) is 15.5 Å². The van der Waals surface area contributed by atoms with Crippen molar-refractivity contribution in [3.8, 4) is 0 Å². The molecule has 1 saturated heterocycles. The third kappa shape index (κ3) is 3.37. The first-order chi connectivity index (χ1) is 13.9. The standard InChI is InChI=1S/C21H25F3N4O/c22-21(23,24)17-4-2-1-3-15(17)12-7-13-10-28(11-14(13)8-12)20(29)19-16-5-6-25-9-18(16)26-27-19/h1-4,12-14,20,25,29H,5-11H2,(H,26,27)/t12-,13-,14+,20?. The Bertz CT molecular complexity index is 882. The number of H-pyrrole nitrogens is 1. The van der Waals surface area contributed by atoms with Crippen LogP contribution in [0.15, 0.2) is 24.3 Å². The summed E-state index contributed by atoms with van der Waals surface area (Å²) in [6, 6.07) is 5.98. The highest BCUT2D eigenvalue weighted by Gasteiger charge is 2.45. The van der Waals surface area contributed by atoms with Crippen molar-refractivity contribution in [3.63, 3.8) is 0 Å². The van der Waals surface area contributed by atoms with Gasteiger partial charge >= 0.3 is 6.18 Å². The maximum atomic E-state index is 13.4. The molecule has 0 radical (unpaired) electrons. The maximum Gasteiger partial charge on any atom is 0.416 e. The van der Waals surface area contributed by atoms with Gasteiger partial charge in [0.1, 0.15) is 5.69 Å². The molecule has 3 N–H and O–H groups in total. The molecule has 5 rings (SSSR count). The van der Waals surface area contributed by atoms with E-state index in [4.69, 9.17) is 0 Å². The zero-order chi connectivity index (χ0) is 20.2. The lowest BCUT2D eigenvalue weighted by Gasteiger charge is -2.25. The molecule has 1 saturated carbocycles. The molecular formula is C21H25F3N4O. The topological polar surface area (TPSA) is 64.2 Å². The second kappa shape index (κ2) is 7.11. The third-order valence-electron chi connectivity index (χ3n) is 6.91. The van der Waals surface area contributed by atoms with E-state index in [-0.39, 0.29) is 5.92 Å². The number of aliphatic hydroxyl groups excluding tert-OH is 1. The molecule has 1 aromatic heterocycles. The van der Waals surface area contributed by atoms with Crippen molar-refractivity contribution in [3.05, 3.63) is 52.3 Å². The molecule has 1 unspecified atom stereocenters. The average Bonchev–Trinajstić information content (AvgIpc) is 3.39. The summed E-state index contributed by atoms with van der Waals surface area (Å²) in [5.41, 5.74) is 2.77. The number of aromatic amines is 1. The number of nitrogens with zero attached hydrogens (tertiary/aromatic N) is 2. The Kier molecular flexibility index (Phi) is 4.68. The Morgan fingerprint density at radius 2 is 1.86 bits per heavy atom. The van der Waals surface area contributed by atoms with E-state index in [1.165, 1.54) is 12.1 Å². The normalized spacial score (nSPS) is 28.3. The van der Waals surface area contributed by atoms with Crippen LogP contribution in [0.3, 0.4) is 0 Å². The molecule has 1 aliphatic carbocycles. The van der Waals surface area contributed by atoms with Crippen LogP contribution in [-0.2, 0) is 19.1 Å². The number of halogens is 3. The number of likely N-dealkylation sites (tertiary alicyclic amines) is 1. The fourth-order valence-electron chi connectivity index (χ4n) is 5.56. The molecule has 2 aromatic rings. The van der Waals surface area contributed by atoms with E-state index in [1.54, 1.807) is 12.1 Å². The monoisotopic (exact) mass is 406 g/mol. The number of hydrogen-bond donors (Lipinski definition) is 3. The Balaban J connectivity index is 1.29. The van der Waals surface area contributed by atoms with E-state index in [0.29, 0.717) is 36.2 Å². The van der Waals surface area contributed by atoms with E-state index in [9.17, 15) is 18.3 Å². The van der Waals surface area contributed by atoms with Gasteiger partial charge < -0.3 is 10.4 Å². The van der Waals surface area contributed by atoms with Gasteiger partial charge in [-0.3, -0.25) is 10.00 Å². The van der Waals surface area contributed by atoms with Gasteiger partial charge in [-0.1, -0.05) is 18.2 Å². The SMILES string of the molecule is OC(c1n[nH]c2c1CCNC2)N1C[C@H]2C[C@@H](c3ccccc3C(F)(F)F)C[C@H]2C1. The van der Waals surface area contributed by atoms with E-state index >= 15 is 0 Å². The number of alkyl halides is 3. The molecule has 5 nitrogen and oxygen atoms in total. The fraction of sp³-hybridized carbons (Fsp3) is 0.571. The Morgan fingerprint density at radius 1 is 1.14 bits per heavy atom. The van der Waals surface area contributed by atoms with E-state index in [1.807, 2.05) is 4.90 Å². The Hall–Kier alpha value is -1.90. The smallest absolute Gasteiger partial charge is 0.372 e. The second-order valence-electron chi connectivity index (χ2n) is 8.59. The average molecular weight is 406 g/mol. The summed E-state index contributed by atoms with van der Waals surface area (Å²) in [5.74, 6) is 0.561. The molecule has 2 aliphatic heterocycles. The Morgan fingerprint density at radius 3 is 2.59 bits per heavy atom. The van der Waals surface area contributed by atoms with Gasteiger partial charge in [0, 0.05) is 25.2 Å². The molecule has 2 fully saturated rings. The van der Waals surface area contributed by atoms with Crippen LogP contribution in [0.5, 0.6) is 0 Å². The number of rotatable bonds is 3.